The molecule has 1 N–H and O–H groups in total. The highest BCUT2D eigenvalue weighted by Gasteiger charge is 2.19. The van der Waals surface area contributed by atoms with Crippen LogP contribution in [0.1, 0.15) is 26.3 Å². The van der Waals surface area contributed by atoms with Crippen molar-refractivity contribution in [2.75, 3.05) is 4.43 Å². The number of benzene rings is 1. The highest BCUT2D eigenvalue weighted by Crippen LogP contribution is 2.14. The van der Waals surface area contributed by atoms with Gasteiger partial charge in [-0.1, -0.05) is 34.7 Å². The first kappa shape index (κ1) is 17.7. The number of rotatable bonds is 5. The van der Waals surface area contributed by atoms with E-state index in [-0.39, 0.29) is 11.7 Å². The maximum absolute atomic E-state index is 11.7. The predicted octanol–water partition coefficient (Wildman–Crippen LogP) is 3.47. The number of hydrogen-bond donors (Lipinski definition) is 1. The number of carbonyl (C=O) groups excluding carboxylic acids is 1. The zero-order valence-corrected chi connectivity index (χ0v) is 14.4. The summed E-state index contributed by atoms with van der Waals surface area (Å²) in [5, 5.41) is 13.4. The number of nitro benzene ring substituents is 1. The number of alkyl halides is 1. The molecule has 0 aliphatic heterocycles. The summed E-state index contributed by atoms with van der Waals surface area (Å²) in [6, 6.07) is 6.25. The van der Waals surface area contributed by atoms with Crippen molar-refractivity contribution < 1.29 is 14.5 Å². The van der Waals surface area contributed by atoms with Gasteiger partial charge in [-0.2, -0.15) is 0 Å². The Morgan fingerprint density at radius 1 is 1.38 bits per heavy atom. The number of nitrogens with one attached hydrogen (secondary N) is 1. The summed E-state index contributed by atoms with van der Waals surface area (Å²) in [4.78, 5) is 21.9. The van der Waals surface area contributed by atoms with Crippen molar-refractivity contribution in [3.8, 4) is 0 Å². The molecule has 0 spiro atoms. The molecule has 1 aromatic carbocycles. The number of hydrogen-bond acceptors (Lipinski definition) is 4. The Kier molecular flexibility index (Phi) is 6.38. The van der Waals surface area contributed by atoms with E-state index in [1.807, 2.05) is 20.8 Å². The van der Waals surface area contributed by atoms with Crippen LogP contribution in [0.25, 0.3) is 0 Å². The Labute approximate surface area is 137 Å². The van der Waals surface area contributed by atoms with Gasteiger partial charge in [-0.25, -0.2) is 4.79 Å². The molecule has 1 aromatic rings. The van der Waals surface area contributed by atoms with Crippen LogP contribution in [0, 0.1) is 10.1 Å². The molecule has 116 valence electrons. The van der Waals surface area contributed by atoms with E-state index in [0.29, 0.717) is 10.8 Å². The molecule has 7 heteroatoms. The van der Waals surface area contributed by atoms with Gasteiger partial charge in [0, 0.05) is 22.6 Å². The second kappa shape index (κ2) is 7.58. The Morgan fingerprint density at radius 3 is 2.38 bits per heavy atom. The fraction of sp³-hybridized carbons (Fsp3) is 0.500. The number of nitro groups is 1. The summed E-state index contributed by atoms with van der Waals surface area (Å²) in [6.07, 6.45) is 0.145. The van der Waals surface area contributed by atoms with Crippen LogP contribution in [0.3, 0.4) is 0 Å². The van der Waals surface area contributed by atoms with E-state index in [1.165, 1.54) is 12.1 Å². The molecule has 0 saturated heterocycles. The lowest BCUT2D eigenvalue weighted by Crippen LogP contribution is -2.41. The lowest BCUT2D eigenvalue weighted by Gasteiger charge is -2.22. The van der Waals surface area contributed by atoms with E-state index in [2.05, 4.69) is 27.9 Å². The summed E-state index contributed by atoms with van der Waals surface area (Å²) in [5.74, 6) is 0. The molecular weight excluding hydrogens is 387 g/mol. The molecule has 1 amide bonds. The molecule has 0 saturated carbocycles. The molecule has 0 aromatic heterocycles. The van der Waals surface area contributed by atoms with Gasteiger partial charge in [0.25, 0.3) is 5.69 Å². The Morgan fingerprint density at radius 2 is 1.95 bits per heavy atom. The molecule has 0 fully saturated rings. The second-order valence-electron chi connectivity index (χ2n) is 5.63. The van der Waals surface area contributed by atoms with Gasteiger partial charge in [0.2, 0.25) is 0 Å². The first-order chi connectivity index (χ1) is 9.71. The average Bonchev–Trinajstić information content (AvgIpc) is 2.36. The number of carbonyl (C=O) groups is 1. The number of ether oxygens (including phenoxy) is 1. The lowest BCUT2D eigenvalue weighted by atomic mass is 10.1. The van der Waals surface area contributed by atoms with Gasteiger partial charge in [0.1, 0.15) is 5.60 Å². The fourth-order valence-electron chi connectivity index (χ4n) is 1.66. The molecule has 0 radical (unpaired) electrons. The number of alkyl carbamates (subject to hydrolysis) is 1. The fourth-order valence-corrected chi connectivity index (χ4v) is 2.19. The minimum absolute atomic E-state index is 0.0601. The SMILES string of the molecule is CC(C)(C)OC(=O)N[C@H](CI)Cc1ccc([N+](=O)[O-])cc1. The van der Waals surface area contributed by atoms with Crippen molar-refractivity contribution >= 4 is 34.4 Å². The molecule has 0 heterocycles. The van der Waals surface area contributed by atoms with E-state index in [9.17, 15) is 14.9 Å². The maximum atomic E-state index is 11.7. The predicted molar refractivity (Wildman–Crippen MR) is 88.8 cm³/mol. The Hall–Kier alpha value is -1.38. The van der Waals surface area contributed by atoms with Crippen molar-refractivity contribution in [3.63, 3.8) is 0 Å². The van der Waals surface area contributed by atoms with Gasteiger partial charge in [-0.15, -0.1) is 0 Å². The van der Waals surface area contributed by atoms with Crippen LogP contribution < -0.4 is 5.32 Å². The molecular formula is C14H19IN2O4. The summed E-state index contributed by atoms with van der Waals surface area (Å²) < 4.78 is 5.93. The van der Waals surface area contributed by atoms with Gasteiger partial charge in [-0.05, 0) is 32.8 Å². The summed E-state index contributed by atoms with van der Waals surface area (Å²) in [7, 11) is 0. The highest BCUT2D eigenvalue weighted by atomic mass is 127. The van der Waals surface area contributed by atoms with Crippen molar-refractivity contribution in [2.24, 2.45) is 0 Å². The van der Waals surface area contributed by atoms with Crippen LogP contribution in [-0.2, 0) is 11.2 Å². The largest absolute Gasteiger partial charge is 0.444 e. The third-order valence-corrected chi connectivity index (χ3v) is 3.60. The summed E-state index contributed by atoms with van der Waals surface area (Å²) in [6.45, 7) is 5.42. The van der Waals surface area contributed by atoms with Gasteiger partial charge < -0.3 is 10.1 Å². The Balaban J connectivity index is 2.61. The minimum atomic E-state index is -0.534. The highest BCUT2D eigenvalue weighted by molar-refractivity contribution is 14.1. The van der Waals surface area contributed by atoms with Crippen LogP contribution >= 0.6 is 22.6 Å². The molecule has 21 heavy (non-hydrogen) atoms. The molecule has 0 unspecified atom stereocenters. The van der Waals surface area contributed by atoms with Gasteiger partial charge in [0.05, 0.1) is 4.92 Å². The summed E-state index contributed by atoms with van der Waals surface area (Å²) in [5.41, 5.74) is 0.455. The van der Waals surface area contributed by atoms with Crippen LogP contribution in [0.15, 0.2) is 24.3 Å². The smallest absolute Gasteiger partial charge is 0.407 e. The van der Waals surface area contributed by atoms with Gasteiger partial charge >= 0.3 is 6.09 Å². The molecule has 0 aliphatic rings. The normalized spacial score (nSPS) is 12.6. The van der Waals surface area contributed by atoms with Crippen LogP contribution in [0.5, 0.6) is 0 Å². The van der Waals surface area contributed by atoms with Crippen molar-refractivity contribution in [3.05, 3.63) is 39.9 Å². The zero-order valence-electron chi connectivity index (χ0n) is 12.3. The monoisotopic (exact) mass is 406 g/mol. The van der Waals surface area contributed by atoms with Crippen LogP contribution in [0.4, 0.5) is 10.5 Å². The maximum Gasteiger partial charge on any atom is 0.407 e. The topological polar surface area (TPSA) is 81.5 Å². The second-order valence-corrected chi connectivity index (χ2v) is 6.51. The first-order valence-corrected chi connectivity index (χ1v) is 8.02. The van der Waals surface area contributed by atoms with E-state index in [0.717, 1.165) is 5.56 Å². The number of amides is 1. The van der Waals surface area contributed by atoms with E-state index in [1.54, 1.807) is 12.1 Å². The number of non-ortho nitro benzene ring substituents is 1. The molecule has 0 bridgehead atoms. The first-order valence-electron chi connectivity index (χ1n) is 6.50. The van der Waals surface area contributed by atoms with Crippen LogP contribution in [0.2, 0.25) is 0 Å². The third kappa shape index (κ3) is 6.74. The molecule has 1 rings (SSSR count). The van der Waals surface area contributed by atoms with E-state index < -0.39 is 16.6 Å². The standard InChI is InChI=1S/C14H19IN2O4/c1-14(2,3)21-13(18)16-11(9-15)8-10-4-6-12(7-5-10)17(19)20/h4-7,11H,8-9H2,1-3H3,(H,16,18)/t11-/m0/s1. The summed E-state index contributed by atoms with van der Waals surface area (Å²) >= 11 is 2.19. The van der Waals surface area contributed by atoms with Gasteiger partial charge in [-0.3, -0.25) is 10.1 Å². The van der Waals surface area contributed by atoms with Gasteiger partial charge in [0.15, 0.2) is 0 Å². The quantitative estimate of drug-likeness (QED) is 0.352. The lowest BCUT2D eigenvalue weighted by molar-refractivity contribution is -0.384. The number of halogens is 1. The van der Waals surface area contributed by atoms with Crippen molar-refractivity contribution in [1.82, 2.24) is 5.32 Å². The zero-order chi connectivity index (χ0) is 16.0. The van der Waals surface area contributed by atoms with Crippen molar-refractivity contribution in [1.29, 1.82) is 0 Å². The average molecular weight is 406 g/mol. The number of nitrogens with zero attached hydrogens (tertiary/aromatic N) is 1. The van der Waals surface area contributed by atoms with Crippen molar-refractivity contribution in [2.45, 2.75) is 38.8 Å². The third-order valence-electron chi connectivity index (χ3n) is 2.54. The van der Waals surface area contributed by atoms with E-state index in [4.69, 9.17) is 4.74 Å². The molecule has 0 aliphatic carbocycles. The Bertz CT molecular complexity index is 497. The molecule has 6 nitrogen and oxygen atoms in total. The van der Waals surface area contributed by atoms with E-state index >= 15 is 0 Å². The minimum Gasteiger partial charge on any atom is -0.444 e. The van der Waals surface area contributed by atoms with Crippen LogP contribution in [-0.4, -0.2) is 27.1 Å². The molecule has 1 atom stereocenters.